The van der Waals surface area contributed by atoms with Crippen molar-refractivity contribution in [2.75, 3.05) is 6.61 Å². The number of aliphatic hydroxyl groups is 2. The minimum absolute atomic E-state index is 0.250. The molecule has 1 saturated heterocycles. The van der Waals surface area contributed by atoms with Crippen molar-refractivity contribution in [3.8, 4) is 0 Å². The van der Waals surface area contributed by atoms with Gasteiger partial charge in [0.2, 0.25) is 0 Å². The first-order valence-electron chi connectivity index (χ1n) is 4.82. The van der Waals surface area contributed by atoms with Gasteiger partial charge < -0.3 is 25.1 Å². The lowest BCUT2D eigenvalue weighted by Gasteiger charge is -2.10. The topological polar surface area (TPSA) is 122 Å². The fourth-order valence-electron chi connectivity index (χ4n) is 1.69. The molecule has 0 unspecified atom stereocenters. The summed E-state index contributed by atoms with van der Waals surface area (Å²) in [6, 6.07) is 0. The predicted molar refractivity (Wildman–Crippen MR) is 58.7 cm³/mol. The Labute approximate surface area is 104 Å². The number of rotatable bonds is 3. The van der Waals surface area contributed by atoms with Crippen LogP contribution < -0.4 is 0 Å². The SMILES string of the molecule is O=[N+]([O-])c1ncc([C@@H]2O[C@H](CO)[C@@H](Br)[C@@H]2O)[nH]1. The highest BCUT2D eigenvalue weighted by Gasteiger charge is 2.44. The molecule has 0 radical (unpaired) electrons. The number of hydrogen-bond acceptors (Lipinski definition) is 6. The maximum atomic E-state index is 10.5. The van der Waals surface area contributed by atoms with Crippen LogP contribution in [0.3, 0.4) is 0 Å². The highest BCUT2D eigenvalue weighted by Crippen LogP contribution is 2.36. The lowest BCUT2D eigenvalue weighted by Crippen LogP contribution is -2.27. The molecular weight excluding hydrogens is 298 g/mol. The van der Waals surface area contributed by atoms with Gasteiger partial charge >= 0.3 is 5.95 Å². The van der Waals surface area contributed by atoms with E-state index in [9.17, 15) is 15.2 Å². The summed E-state index contributed by atoms with van der Waals surface area (Å²) in [6.07, 6.45) is -0.992. The van der Waals surface area contributed by atoms with Crippen LogP contribution in [0.25, 0.3) is 0 Å². The van der Waals surface area contributed by atoms with Crippen molar-refractivity contribution < 1.29 is 19.9 Å². The summed E-state index contributed by atoms with van der Waals surface area (Å²) in [5.41, 5.74) is 0.310. The minimum Gasteiger partial charge on any atom is -0.394 e. The molecule has 0 aromatic carbocycles. The molecule has 3 N–H and O–H groups in total. The van der Waals surface area contributed by atoms with E-state index in [4.69, 9.17) is 9.84 Å². The maximum absolute atomic E-state index is 10.5. The standard InChI is InChI=1S/C8H10BrN3O5/c9-5-4(2-13)17-7(6(5)14)3-1-10-8(11-3)12(15)16/h1,4-7,13-14H,2H2,(H,10,11)/t4-,5-,6+,7+/m1/s1. The number of aromatic amines is 1. The molecule has 1 fully saturated rings. The Morgan fingerprint density at radius 2 is 2.41 bits per heavy atom. The molecule has 0 amide bonds. The number of H-pyrrole nitrogens is 1. The van der Waals surface area contributed by atoms with Gasteiger partial charge in [-0.3, -0.25) is 0 Å². The zero-order chi connectivity index (χ0) is 12.6. The molecule has 4 atom stereocenters. The molecule has 0 saturated carbocycles. The Hall–Kier alpha value is -1.03. The lowest BCUT2D eigenvalue weighted by molar-refractivity contribution is -0.393. The van der Waals surface area contributed by atoms with Crippen LogP contribution in [-0.2, 0) is 4.74 Å². The Morgan fingerprint density at radius 1 is 1.71 bits per heavy atom. The molecular formula is C8H10BrN3O5. The molecule has 2 heterocycles. The average Bonchev–Trinajstić information content (AvgIpc) is 2.87. The normalized spacial score (nSPS) is 32.9. The molecule has 8 nitrogen and oxygen atoms in total. The Bertz CT molecular complexity index is 425. The van der Waals surface area contributed by atoms with Crippen molar-refractivity contribution in [1.82, 2.24) is 9.97 Å². The number of ether oxygens (including phenoxy) is 1. The maximum Gasteiger partial charge on any atom is 0.432 e. The molecule has 1 aliphatic rings. The van der Waals surface area contributed by atoms with E-state index in [2.05, 4.69) is 25.9 Å². The molecule has 94 valence electrons. The van der Waals surface area contributed by atoms with Gasteiger partial charge in [-0.05, 0) is 4.92 Å². The number of imidazole rings is 1. The highest BCUT2D eigenvalue weighted by molar-refractivity contribution is 9.09. The van der Waals surface area contributed by atoms with Crippen molar-refractivity contribution in [3.63, 3.8) is 0 Å². The molecule has 1 aliphatic heterocycles. The predicted octanol–water partition coefficient (Wildman–Crippen LogP) is -0.126. The van der Waals surface area contributed by atoms with Gasteiger partial charge in [-0.25, -0.2) is 4.98 Å². The van der Waals surface area contributed by atoms with Gasteiger partial charge in [0.05, 0.1) is 17.5 Å². The number of nitrogens with one attached hydrogen (secondary N) is 1. The molecule has 1 aromatic heterocycles. The number of halogens is 1. The van der Waals surface area contributed by atoms with Crippen molar-refractivity contribution in [1.29, 1.82) is 0 Å². The molecule has 17 heavy (non-hydrogen) atoms. The quantitative estimate of drug-likeness (QED) is 0.406. The van der Waals surface area contributed by atoms with E-state index < -0.39 is 34.0 Å². The van der Waals surface area contributed by atoms with Gasteiger partial charge in [-0.2, -0.15) is 0 Å². The highest BCUT2D eigenvalue weighted by atomic mass is 79.9. The van der Waals surface area contributed by atoms with Crippen LogP contribution >= 0.6 is 15.9 Å². The van der Waals surface area contributed by atoms with Crippen LogP contribution in [0.5, 0.6) is 0 Å². The average molecular weight is 308 g/mol. The first-order valence-corrected chi connectivity index (χ1v) is 5.74. The van der Waals surface area contributed by atoms with E-state index in [1.807, 2.05) is 0 Å². The number of nitro groups is 1. The minimum atomic E-state index is -0.910. The summed E-state index contributed by atoms with van der Waals surface area (Å²) in [7, 11) is 0. The molecule has 1 aromatic rings. The summed E-state index contributed by atoms with van der Waals surface area (Å²) in [5, 5.41) is 29.3. The van der Waals surface area contributed by atoms with E-state index in [0.717, 1.165) is 0 Å². The van der Waals surface area contributed by atoms with Crippen LogP contribution in [-0.4, -0.2) is 48.7 Å². The fraction of sp³-hybridized carbons (Fsp3) is 0.625. The Morgan fingerprint density at radius 3 is 2.88 bits per heavy atom. The fourth-order valence-corrected chi connectivity index (χ4v) is 2.26. The van der Waals surface area contributed by atoms with Gasteiger partial charge in [-0.15, -0.1) is 0 Å². The first-order chi connectivity index (χ1) is 8.04. The summed E-state index contributed by atoms with van der Waals surface area (Å²) < 4.78 is 5.37. The molecule has 0 spiro atoms. The van der Waals surface area contributed by atoms with Gasteiger partial charge in [-0.1, -0.05) is 20.9 Å². The van der Waals surface area contributed by atoms with Gasteiger partial charge in [0, 0.05) is 0 Å². The summed E-state index contributed by atoms with van der Waals surface area (Å²) in [5.74, 6) is -0.408. The van der Waals surface area contributed by atoms with Crippen molar-refractivity contribution >= 4 is 21.9 Å². The van der Waals surface area contributed by atoms with Crippen LogP contribution in [0.1, 0.15) is 11.8 Å². The molecule has 2 rings (SSSR count). The van der Waals surface area contributed by atoms with E-state index in [-0.39, 0.29) is 6.61 Å². The third-order valence-electron chi connectivity index (χ3n) is 2.55. The second kappa shape index (κ2) is 4.69. The van der Waals surface area contributed by atoms with Crippen molar-refractivity contribution in [3.05, 3.63) is 22.0 Å². The second-order valence-electron chi connectivity index (χ2n) is 3.63. The number of aromatic nitrogens is 2. The van der Waals surface area contributed by atoms with Crippen molar-refractivity contribution in [2.24, 2.45) is 0 Å². The van der Waals surface area contributed by atoms with Crippen LogP contribution in [0.4, 0.5) is 5.95 Å². The number of aliphatic hydroxyl groups excluding tert-OH is 2. The molecule has 0 aliphatic carbocycles. The zero-order valence-corrected chi connectivity index (χ0v) is 10.1. The van der Waals surface area contributed by atoms with E-state index in [1.54, 1.807) is 0 Å². The summed E-state index contributed by atoms with van der Waals surface area (Å²) in [6.45, 7) is -0.250. The monoisotopic (exact) mass is 307 g/mol. The number of nitrogens with zero attached hydrogens (tertiary/aromatic N) is 2. The summed E-state index contributed by atoms with van der Waals surface area (Å²) in [4.78, 5) is 15.4. The number of hydrogen-bond donors (Lipinski definition) is 3. The van der Waals surface area contributed by atoms with Crippen LogP contribution in [0.2, 0.25) is 0 Å². The third kappa shape index (κ3) is 2.18. The van der Waals surface area contributed by atoms with Gasteiger partial charge in [0.25, 0.3) is 0 Å². The largest absolute Gasteiger partial charge is 0.432 e. The second-order valence-corrected chi connectivity index (χ2v) is 4.69. The van der Waals surface area contributed by atoms with Crippen molar-refractivity contribution in [2.45, 2.75) is 23.1 Å². The van der Waals surface area contributed by atoms with Crippen LogP contribution in [0, 0.1) is 10.1 Å². The lowest BCUT2D eigenvalue weighted by atomic mass is 10.1. The smallest absolute Gasteiger partial charge is 0.394 e. The zero-order valence-electron chi connectivity index (χ0n) is 8.49. The molecule has 9 heteroatoms. The third-order valence-corrected chi connectivity index (χ3v) is 3.69. The molecule has 0 bridgehead atoms. The van der Waals surface area contributed by atoms with Gasteiger partial charge in [0.1, 0.15) is 24.1 Å². The first kappa shape index (κ1) is 12.4. The van der Waals surface area contributed by atoms with E-state index >= 15 is 0 Å². The van der Waals surface area contributed by atoms with Crippen LogP contribution in [0.15, 0.2) is 6.20 Å². The Kier molecular flexibility index (Phi) is 3.43. The Balaban J connectivity index is 2.19. The van der Waals surface area contributed by atoms with E-state index in [1.165, 1.54) is 6.20 Å². The number of alkyl halides is 1. The van der Waals surface area contributed by atoms with Gasteiger partial charge in [0.15, 0.2) is 0 Å². The van der Waals surface area contributed by atoms with E-state index in [0.29, 0.717) is 5.69 Å². The summed E-state index contributed by atoms with van der Waals surface area (Å²) >= 11 is 3.20.